The minimum atomic E-state index is -1.86. The van der Waals surface area contributed by atoms with E-state index < -0.39 is 108 Å². The van der Waals surface area contributed by atoms with Crippen molar-refractivity contribution in [1.29, 1.82) is 0 Å². The maximum absolute atomic E-state index is 12.9. The SMILES string of the molecule is C[C@H]1O[C@H](Oc2cc(O)c3c(=O)c(O)c(-c4ccc(O)c(O)c4)oc3c2)[C@@H](O[C@H]2O[C@H](CO)[C@@H](O)[C@H](O)[C@H]2O)[C@@H](O)[C@@H]1O. The fraction of sp³-hybridized carbons (Fsp3) is 0.444. The smallest absolute Gasteiger partial charge is 0.238 e. The highest BCUT2D eigenvalue weighted by Crippen LogP contribution is 2.39. The molecule has 16 nitrogen and oxygen atoms in total. The summed E-state index contributed by atoms with van der Waals surface area (Å²) in [5.41, 5.74) is -1.32. The predicted octanol–water partition coefficient (Wildman–Crippen LogP) is -1.69. The van der Waals surface area contributed by atoms with Gasteiger partial charge in [0, 0.05) is 17.7 Å². The van der Waals surface area contributed by atoms with Crippen molar-refractivity contribution in [2.75, 3.05) is 6.61 Å². The summed E-state index contributed by atoms with van der Waals surface area (Å²) in [6.07, 6.45) is -15.9. The van der Waals surface area contributed by atoms with Gasteiger partial charge in [0.1, 0.15) is 59.1 Å². The Morgan fingerprint density at radius 3 is 2.19 bits per heavy atom. The van der Waals surface area contributed by atoms with E-state index in [2.05, 4.69) is 0 Å². The van der Waals surface area contributed by atoms with Crippen LogP contribution in [0.4, 0.5) is 0 Å². The molecule has 2 aromatic carbocycles. The molecule has 1 aromatic heterocycles. The maximum atomic E-state index is 12.9. The second kappa shape index (κ2) is 11.8. The molecule has 0 unspecified atom stereocenters. The van der Waals surface area contributed by atoms with Crippen LogP contribution < -0.4 is 10.2 Å². The van der Waals surface area contributed by atoms with E-state index in [1.54, 1.807) is 0 Å². The molecule has 2 fully saturated rings. The topological polar surface area (TPSA) is 269 Å². The van der Waals surface area contributed by atoms with Gasteiger partial charge in [-0.15, -0.1) is 0 Å². The summed E-state index contributed by atoms with van der Waals surface area (Å²) >= 11 is 0. The van der Waals surface area contributed by atoms with Crippen LogP contribution in [0.15, 0.2) is 39.5 Å². The highest BCUT2D eigenvalue weighted by molar-refractivity contribution is 5.88. The lowest BCUT2D eigenvalue weighted by molar-refractivity contribution is -0.355. The predicted molar refractivity (Wildman–Crippen MR) is 140 cm³/mol. The Balaban J connectivity index is 1.49. The van der Waals surface area contributed by atoms with Crippen LogP contribution in [0.2, 0.25) is 0 Å². The number of aliphatic hydroxyl groups is 6. The van der Waals surface area contributed by atoms with Crippen LogP contribution >= 0.6 is 0 Å². The minimum Gasteiger partial charge on any atom is -0.507 e. The van der Waals surface area contributed by atoms with Crippen LogP contribution in [-0.4, -0.2) is 119 Å². The zero-order chi connectivity index (χ0) is 31.3. The molecule has 0 aliphatic carbocycles. The van der Waals surface area contributed by atoms with E-state index in [9.17, 15) is 55.9 Å². The molecule has 2 aliphatic heterocycles. The molecule has 234 valence electrons. The van der Waals surface area contributed by atoms with Crippen molar-refractivity contribution in [3.63, 3.8) is 0 Å². The summed E-state index contributed by atoms with van der Waals surface area (Å²) in [5.74, 6) is -3.23. The molecule has 10 N–H and O–H groups in total. The van der Waals surface area contributed by atoms with Crippen LogP contribution in [0.5, 0.6) is 28.7 Å². The minimum absolute atomic E-state index is 0.00662. The van der Waals surface area contributed by atoms with Crippen molar-refractivity contribution < 1.29 is 74.4 Å². The van der Waals surface area contributed by atoms with E-state index in [0.29, 0.717) is 0 Å². The summed E-state index contributed by atoms with van der Waals surface area (Å²) in [6, 6.07) is 5.49. The number of hydrogen-bond donors (Lipinski definition) is 10. The van der Waals surface area contributed by atoms with Gasteiger partial charge < -0.3 is 74.4 Å². The Hall–Kier alpha value is -3.71. The summed E-state index contributed by atoms with van der Waals surface area (Å²) in [7, 11) is 0. The lowest BCUT2D eigenvalue weighted by atomic mass is 9.97. The van der Waals surface area contributed by atoms with E-state index in [-0.39, 0.29) is 16.9 Å². The highest BCUT2D eigenvalue weighted by Gasteiger charge is 2.50. The quantitative estimate of drug-likeness (QED) is 0.140. The molecule has 0 saturated carbocycles. The first-order valence-electron chi connectivity index (χ1n) is 13.0. The number of aliphatic hydroxyl groups excluding tert-OH is 6. The lowest BCUT2D eigenvalue weighted by Gasteiger charge is -2.45. The number of fused-ring (bicyclic) bond motifs is 1. The van der Waals surface area contributed by atoms with Gasteiger partial charge in [-0.05, 0) is 25.1 Å². The fourth-order valence-electron chi connectivity index (χ4n) is 4.90. The third-order valence-corrected chi connectivity index (χ3v) is 7.34. The Morgan fingerprint density at radius 2 is 1.51 bits per heavy atom. The summed E-state index contributed by atoms with van der Waals surface area (Å²) < 4.78 is 28.1. The molecule has 0 bridgehead atoms. The van der Waals surface area contributed by atoms with Crippen molar-refractivity contribution in [3.05, 3.63) is 40.6 Å². The van der Waals surface area contributed by atoms with Gasteiger partial charge in [0.25, 0.3) is 0 Å². The van der Waals surface area contributed by atoms with Crippen molar-refractivity contribution >= 4 is 11.0 Å². The molecular formula is C27H30O16. The molecule has 16 heteroatoms. The number of aromatic hydroxyl groups is 4. The van der Waals surface area contributed by atoms with E-state index in [4.69, 9.17) is 23.4 Å². The molecule has 10 atom stereocenters. The van der Waals surface area contributed by atoms with Crippen LogP contribution in [0.25, 0.3) is 22.3 Å². The van der Waals surface area contributed by atoms with Crippen LogP contribution in [-0.2, 0) is 14.2 Å². The van der Waals surface area contributed by atoms with Crippen molar-refractivity contribution in [1.82, 2.24) is 0 Å². The second-order valence-electron chi connectivity index (χ2n) is 10.2. The van der Waals surface area contributed by atoms with E-state index in [1.165, 1.54) is 13.0 Å². The van der Waals surface area contributed by atoms with Gasteiger partial charge in [-0.25, -0.2) is 0 Å². The molecule has 3 heterocycles. The molecule has 43 heavy (non-hydrogen) atoms. The molecule has 5 rings (SSSR count). The van der Waals surface area contributed by atoms with Crippen molar-refractivity contribution in [2.24, 2.45) is 0 Å². The number of phenols is 3. The maximum Gasteiger partial charge on any atom is 0.238 e. The van der Waals surface area contributed by atoms with Crippen molar-refractivity contribution in [2.45, 2.75) is 68.3 Å². The summed E-state index contributed by atoms with van der Waals surface area (Å²) in [4.78, 5) is 12.9. The molecule has 3 aromatic rings. The van der Waals surface area contributed by atoms with E-state index in [0.717, 1.165) is 24.3 Å². The molecule has 0 amide bonds. The number of ether oxygens (including phenoxy) is 4. The Labute approximate surface area is 241 Å². The third kappa shape index (κ3) is 5.55. The van der Waals surface area contributed by atoms with Gasteiger partial charge in [-0.3, -0.25) is 4.79 Å². The summed E-state index contributed by atoms with van der Waals surface area (Å²) in [5, 5.41) is 101. The molecule has 2 aliphatic rings. The number of phenolic OH excluding ortho intramolecular Hbond substituents is 3. The Kier molecular flexibility index (Phi) is 8.41. The second-order valence-corrected chi connectivity index (χ2v) is 10.2. The van der Waals surface area contributed by atoms with E-state index >= 15 is 0 Å². The molecular weight excluding hydrogens is 580 g/mol. The number of benzene rings is 2. The molecule has 0 spiro atoms. The van der Waals surface area contributed by atoms with Crippen molar-refractivity contribution in [3.8, 4) is 40.1 Å². The van der Waals surface area contributed by atoms with Gasteiger partial charge in [-0.2, -0.15) is 0 Å². The monoisotopic (exact) mass is 610 g/mol. The van der Waals surface area contributed by atoms with Gasteiger partial charge in [0.15, 0.2) is 29.7 Å². The standard InChI is InChI=1S/C27H30O16/c1-8-17(32)21(36)25(43-26-23(38)20(35)18(33)15(7-28)42-26)27(39-8)40-10-5-13(31)16-14(6-10)41-24(22(37)19(16)34)9-2-3-11(29)12(30)4-9/h2-6,8,15,17-18,20-21,23,25-33,35-38H,7H2,1H3/t8-,15-,17-,18-,20+,21+,23-,25+,26-,27-/m1/s1. The zero-order valence-electron chi connectivity index (χ0n) is 22.3. The van der Waals surface area contributed by atoms with Crippen LogP contribution in [0.3, 0.4) is 0 Å². The Morgan fingerprint density at radius 1 is 0.791 bits per heavy atom. The first kappa shape index (κ1) is 30.7. The fourth-order valence-corrected chi connectivity index (χ4v) is 4.90. The highest BCUT2D eigenvalue weighted by atomic mass is 16.8. The summed E-state index contributed by atoms with van der Waals surface area (Å²) in [6.45, 7) is 0.657. The van der Waals surface area contributed by atoms with E-state index in [1.807, 2.05) is 0 Å². The van der Waals surface area contributed by atoms with Gasteiger partial charge in [0.05, 0.1) is 12.7 Å². The number of rotatable bonds is 6. The zero-order valence-corrected chi connectivity index (χ0v) is 22.3. The number of hydrogen-bond acceptors (Lipinski definition) is 16. The average Bonchev–Trinajstić information content (AvgIpc) is 2.97. The first-order chi connectivity index (χ1) is 20.3. The van der Waals surface area contributed by atoms with Gasteiger partial charge >= 0.3 is 0 Å². The van der Waals surface area contributed by atoms with Gasteiger partial charge in [-0.1, -0.05) is 0 Å². The normalized spacial score (nSPS) is 33.0. The average molecular weight is 611 g/mol. The lowest BCUT2D eigenvalue weighted by Crippen LogP contribution is -2.64. The largest absolute Gasteiger partial charge is 0.507 e. The molecule has 2 saturated heterocycles. The molecule has 0 radical (unpaired) electrons. The first-order valence-corrected chi connectivity index (χ1v) is 13.0. The van der Waals surface area contributed by atoms with Gasteiger partial charge in [0.2, 0.25) is 17.5 Å². The van der Waals surface area contributed by atoms with Crippen LogP contribution in [0.1, 0.15) is 6.92 Å². The third-order valence-electron chi connectivity index (χ3n) is 7.34. The van der Waals surface area contributed by atoms with Crippen LogP contribution in [0, 0.1) is 0 Å². The Bertz CT molecular complexity index is 1540.